The molecule has 0 aromatic heterocycles. The zero-order chi connectivity index (χ0) is 21.8. The molecule has 4 atom stereocenters. The molecule has 0 amide bonds. The molecule has 0 radical (unpaired) electrons. The lowest BCUT2D eigenvalue weighted by atomic mass is 9.58. The second-order valence-corrected chi connectivity index (χ2v) is 22.2. The van der Waals surface area contributed by atoms with Crippen LogP contribution >= 0.6 is 0 Å². The van der Waals surface area contributed by atoms with Crippen LogP contribution in [0.1, 0.15) is 80.6 Å². The highest BCUT2D eigenvalue weighted by atomic mass is 28.4. The van der Waals surface area contributed by atoms with Crippen molar-refractivity contribution < 1.29 is 13.6 Å². The second-order valence-electron chi connectivity index (χ2n) is 12.7. The van der Waals surface area contributed by atoms with Crippen LogP contribution in [0.15, 0.2) is 0 Å². The Kier molecular flexibility index (Phi) is 6.61. The second kappa shape index (κ2) is 7.62. The molecule has 28 heavy (non-hydrogen) atoms. The number of rotatable bonds is 4. The highest BCUT2D eigenvalue weighted by molar-refractivity contribution is 6.74. The average Bonchev–Trinajstić information content (AvgIpc) is 2.49. The zero-order valence-corrected chi connectivity index (χ0v) is 22.5. The number of carbonyl (C=O) groups excluding carboxylic acids is 1. The third kappa shape index (κ3) is 4.68. The summed E-state index contributed by atoms with van der Waals surface area (Å²) in [5, 5.41) is 0.406. The first-order valence-corrected chi connectivity index (χ1v) is 17.1. The van der Waals surface area contributed by atoms with Crippen LogP contribution in [0.4, 0.5) is 0 Å². The van der Waals surface area contributed by atoms with E-state index in [0.29, 0.717) is 18.1 Å². The summed E-state index contributed by atoms with van der Waals surface area (Å²) < 4.78 is 13.7. The number of hydrogen-bond acceptors (Lipinski definition) is 3. The molecular formula is C23H46O3Si2. The Bertz CT molecular complexity index is 586. The Labute approximate surface area is 176 Å². The molecule has 0 aromatic rings. The summed E-state index contributed by atoms with van der Waals surface area (Å²) in [4.78, 5) is 12.9. The predicted octanol–water partition coefficient (Wildman–Crippen LogP) is 6.94. The third-order valence-corrected chi connectivity index (χ3v) is 17.6. The van der Waals surface area contributed by atoms with E-state index in [1.165, 1.54) is 0 Å². The molecule has 0 aliphatic heterocycles. The lowest BCUT2D eigenvalue weighted by molar-refractivity contribution is -0.146. The summed E-state index contributed by atoms with van der Waals surface area (Å²) in [6, 6.07) is 0. The van der Waals surface area contributed by atoms with Gasteiger partial charge in [-0.05, 0) is 67.9 Å². The maximum Gasteiger partial charge on any atom is 0.192 e. The lowest BCUT2D eigenvalue weighted by Gasteiger charge is -2.53. The van der Waals surface area contributed by atoms with Gasteiger partial charge < -0.3 is 8.85 Å². The summed E-state index contributed by atoms with van der Waals surface area (Å²) in [5.74, 6) is 0.754. The van der Waals surface area contributed by atoms with Crippen molar-refractivity contribution in [1.29, 1.82) is 0 Å². The molecule has 5 heteroatoms. The van der Waals surface area contributed by atoms with E-state index >= 15 is 0 Å². The van der Waals surface area contributed by atoms with Crippen molar-refractivity contribution in [3.63, 3.8) is 0 Å². The van der Waals surface area contributed by atoms with Crippen molar-refractivity contribution in [3.8, 4) is 0 Å². The molecule has 0 aromatic carbocycles. The van der Waals surface area contributed by atoms with E-state index in [9.17, 15) is 4.79 Å². The molecule has 0 N–H and O–H groups in total. The number of Topliss-reactive ketones (excluding diaryl/α,β-unsaturated/α-hetero) is 1. The first kappa shape index (κ1) is 24.3. The van der Waals surface area contributed by atoms with Gasteiger partial charge in [-0.1, -0.05) is 48.5 Å². The molecule has 2 rings (SSSR count). The molecule has 164 valence electrons. The largest absolute Gasteiger partial charge is 0.414 e. The van der Waals surface area contributed by atoms with E-state index in [0.717, 1.165) is 25.7 Å². The van der Waals surface area contributed by atoms with Gasteiger partial charge in [0.05, 0.1) is 0 Å². The first-order valence-electron chi connectivity index (χ1n) is 11.3. The van der Waals surface area contributed by atoms with E-state index in [4.69, 9.17) is 8.85 Å². The van der Waals surface area contributed by atoms with Gasteiger partial charge in [0.15, 0.2) is 16.6 Å². The SMILES string of the molecule is CC(C)(C)[Si](C)(C)O[C@H]1CC[C@]2(C)C(=O)CC[C@H](O[Si](C)(C)C(C)(C)C)[C@@H]2C1. The predicted molar refractivity (Wildman–Crippen MR) is 124 cm³/mol. The molecule has 0 bridgehead atoms. The van der Waals surface area contributed by atoms with Gasteiger partial charge in [-0.15, -0.1) is 0 Å². The van der Waals surface area contributed by atoms with Crippen LogP contribution in [0, 0.1) is 11.3 Å². The van der Waals surface area contributed by atoms with Crippen molar-refractivity contribution in [2.45, 2.75) is 129 Å². The van der Waals surface area contributed by atoms with Crippen molar-refractivity contribution >= 4 is 22.4 Å². The summed E-state index contributed by atoms with van der Waals surface area (Å²) in [5.41, 5.74) is -0.224. The Morgan fingerprint density at radius 2 is 1.39 bits per heavy atom. The summed E-state index contributed by atoms with van der Waals surface area (Å²) in [6.45, 7) is 25.4. The van der Waals surface area contributed by atoms with Crippen molar-refractivity contribution in [1.82, 2.24) is 0 Å². The molecule has 0 heterocycles. The van der Waals surface area contributed by atoms with E-state index < -0.39 is 16.6 Å². The molecule has 2 aliphatic rings. The number of fused-ring (bicyclic) bond motifs is 1. The van der Waals surface area contributed by atoms with Gasteiger partial charge in [0.1, 0.15) is 5.78 Å². The summed E-state index contributed by atoms with van der Waals surface area (Å²) in [7, 11) is -3.67. The average molecular weight is 427 g/mol. The number of hydrogen-bond donors (Lipinski definition) is 0. The van der Waals surface area contributed by atoms with Crippen molar-refractivity contribution in [3.05, 3.63) is 0 Å². The van der Waals surface area contributed by atoms with Crippen LogP contribution in [0.2, 0.25) is 36.3 Å². The summed E-state index contributed by atoms with van der Waals surface area (Å²) in [6.07, 6.45) is 4.99. The van der Waals surface area contributed by atoms with Crippen LogP contribution in [-0.2, 0) is 13.6 Å². The highest BCUT2D eigenvalue weighted by Gasteiger charge is 2.54. The smallest absolute Gasteiger partial charge is 0.192 e. The molecule has 3 nitrogen and oxygen atoms in total. The van der Waals surface area contributed by atoms with E-state index in [1.807, 2.05) is 0 Å². The third-order valence-electron chi connectivity index (χ3n) is 8.58. The Morgan fingerprint density at radius 1 is 0.893 bits per heavy atom. The number of ketones is 1. The fourth-order valence-electron chi connectivity index (χ4n) is 4.37. The first-order chi connectivity index (χ1) is 12.4. The van der Waals surface area contributed by atoms with Crippen molar-refractivity contribution in [2.75, 3.05) is 0 Å². The van der Waals surface area contributed by atoms with E-state index in [1.54, 1.807) is 0 Å². The fourth-order valence-corrected chi connectivity index (χ4v) is 7.17. The van der Waals surface area contributed by atoms with Gasteiger partial charge in [0, 0.05) is 24.0 Å². The maximum absolute atomic E-state index is 12.9. The molecule has 2 fully saturated rings. The van der Waals surface area contributed by atoms with Crippen LogP contribution < -0.4 is 0 Å². The molecule has 0 spiro atoms. The Hall–Kier alpha value is 0.0238. The van der Waals surface area contributed by atoms with E-state index in [-0.39, 0.29) is 27.7 Å². The Balaban J connectivity index is 2.24. The quantitative estimate of drug-likeness (QED) is 0.457. The van der Waals surface area contributed by atoms with Gasteiger partial charge in [0.2, 0.25) is 0 Å². The minimum atomic E-state index is -1.87. The van der Waals surface area contributed by atoms with Gasteiger partial charge in [-0.3, -0.25) is 4.79 Å². The standard InChI is InChI=1S/C23H46O3Si2/c1-21(2,3)27(8,9)25-17-14-15-23(7)18(16-17)19(12-13-20(23)24)26-28(10,11)22(4,5)6/h17-19H,12-16H2,1-11H3/t17-,18-,19-,23-/m0/s1. The maximum atomic E-state index is 12.9. The van der Waals surface area contributed by atoms with Gasteiger partial charge >= 0.3 is 0 Å². The van der Waals surface area contributed by atoms with Gasteiger partial charge in [-0.25, -0.2) is 0 Å². The van der Waals surface area contributed by atoms with Crippen molar-refractivity contribution in [2.24, 2.45) is 11.3 Å². The molecule has 2 saturated carbocycles. The minimum Gasteiger partial charge on any atom is -0.414 e. The van der Waals surface area contributed by atoms with Crippen LogP contribution in [0.5, 0.6) is 0 Å². The lowest BCUT2D eigenvalue weighted by Crippen LogP contribution is -2.56. The van der Waals surface area contributed by atoms with Crippen LogP contribution in [0.25, 0.3) is 0 Å². The highest BCUT2D eigenvalue weighted by Crippen LogP contribution is 2.52. The molecular weight excluding hydrogens is 380 g/mol. The molecule has 0 saturated heterocycles. The zero-order valence-electron chi connectivity index (χ0n) is 20.5. The fraction of sp³-hybridized carbons (Fsp3) is 0.957. The molecule has 2 aliphatic carbocycles. The molecule has 0 unspecified atom stereocenters. The number of carbonyl (C=O) groups is 1. The van der Waals surface area contributed by atoms with Crippen LogP contribution in [0.3, 0.4) is 0 Å². The van der Waals surface area contributed by atoms with Crippen LogP contribution in [-0.4, -0.2) is 34.6 Å². The summed E-state index contributed by atoms with van der Waals surface area (Å²) >= 11 is 0. The van der Waals surface area contributed by atoms with Gasteiger partial charge in [0.25, 0.3) is 0 Å². The normalized spacial score (nSPS) is 33.0. The van der Waals surface area contributed by atoms with Gasteiger partial charge in [-0.2, -0.15) is 0 Å². The minimum absolute atomic E-state index is 0.191. The monoisotopic (exact) mass is 426 g/mol. The topological polar surface area (TPSA) is 35.5 Å². The Morgan fingerprint density at radius 3 is 1.89 bits per heavy atom. The van der Waals surface area contributed by atoms with E-state index in [2.05, 4.69) is 74.7 Å².